The molecule has 0 radical (unpaired) electrons. The van der Waals surface area contributed by atoms with E-state index in [0.717, 1.165) is 59.3 Å². The number of piperazine rings is 1. The number of aryl methyl sites for hydroxylation is 1. The molecule has 0 bridgehead atoms. The van der Waals surface area contributed by atoms with Gasteiger partial charge >= 0.3 is 0 Å². The molecule has 208 valence electrons. The van der Waals surface area contributed by atoms with Gasteiger partial charge in [-0.05, 0) is 78.1 Å². The molecule has 2 aromatic heterocycles. The van der Waals surface area contributed by atoms with Crippen LogP contribution in [0.1, 0.15) is 60.5 Å². The van der Waals surface area contributed by atoms with E-state index in [2.05, 4.69) is 44.7 Å². The van der Waals surface area contributed by atoms with Crippen molar-refractivity contribution >= 4 is 33.3 Å². The maximum atomic E-state index is 13.4. The molecule has 1 atom stereocenters. The van der Waals surface area contributed by atoms with Crippen molar-refractivity contribution in [2.45, 2.75) is 52.4 Å². The lowest BCUT2D eigenvalue weighted by Gasteiger charge is -2.36. The number of carbonyl (C=O) groups excluding carboxylic acids is 1. The molecule has 1 saturated heterocycles. The first kappa shape index (κ1) is 26.8. The van der Waals surface area contributed by atoms with Gasteiger partial charge in [-0.3, -0.25) is 4.79 Å². The standard InChI is InChI=1S/C33H38N4O2S/c1-21-6-15-26-27(20-21)40-31-28(26)30(34-29(35-31)22-9-13-25(39-5)14-10-22)36-16-18-37(19-17-36)32(38)23-7-11-24(12-8-23)33(2,3)4/h7-14,21H,6,15-20H2,1-5H3. The van der Waals surface area contributed by atoms with E-state index in [1.165, 1.54) is 27.8 Å². The number of rotatable bonds is 4. The highest BCUT2D eigenvalue weighted by atomic mass is 32.1. The number of ether oxygens (including phenoxy) is 1. The molecule has 40 heavy (non-hydrogen) atoms. The second kappa shape index (κ2) is 10.5. The third-order valence-electron chi connectivity index (χ3n) is 8.35. The van der Waals surface area contributed by atoms with Crippen LogP contribution < -0.4 is 9.64 Å². The Morgan fingerprint density at radius 2 is 1.68 bits per heavy atom. The van der Waals surface area contributed by atoms with Crippen LogP contribution in [0.4, 0.5) is 5.82 Å². The summed E-state index contributed by atoms with van der Waals surface area (Å²) in [4.78, 5) is 30.5. The summed E-state index contributed by atoms with van der Waals surface area (Å²) >= 11 is 1.84. The van der Waals surface area contributed by atoms with E-state index in [1.54, 1.807) is 7.11 Å². The lowest BCUT2D eigenvalue weighted by molar-refractivity contribution is 0.0746. The first-order valence-corrected chi connectivity index (χ1v) is 15.1. The molecule has 6 rings (SSSR count). The van der Waals surface area contributed by atoms with Gasteiger partial charge in [0.2, 0.25) is 0 Å². The normalized spacial score (nSPS) is 17.7. The summed E-state index contributed by atoms with van der Waals surface area (Å²) in [6.45, 7) is 11.8. The van der Waals surface area contributed by atoms with Gasteiger partial charge in [-0.2, -0.15) is 0 Å². The molecule has 7 heteroatoms. The third-order valence-corrected chi connectivity index (χ3v) is 9.50. The van der Waals surface area contributed by atoms with Gasteiger partial charge in [0.05, 0.1) is 12.5 Å². The first-order chi connectivity index (χ1) is 19.2. The fourth-order valence-corrected chi connectivity index (χ4v) is 7.22. The minimum atomic E-state index is 0.0691. The van der Waals surface area contributed by atoms with E-state index in [-0.39, 0.29) is 11.3 Å². The number of hydrogen-bond donors (Lipinski definition) is 0. The maximum absolute atomic E-state index is 13.4. The van der Waals surface area contributed by atoms with Crippen molar-refractivity contribution in [1.29, 1.82) is 0 Å². The number of carbonyl (C=O) groups is 1. The Kier molecular flexibility index (Phi) is 7.03. The van der Waals surface area contributed by atoms with Crippen molar-refractivity contribution in [1.82, 2.24) is 14.9 Å². The summed E-state index contributed by atoms with van der Waals surface area (Å²) in [6.07, 6.45) is 3.40. The SMILES string of the molecule is COc1ccc(-c2nc(N3CCN(C(=O)c4ccc(C(C)(C)C)cc4)CC3)c3c4c(sc3n2)CC(C)CC4)cc1. The van der Waals surface area contributed by atoms with Crippen LogP contribution in [-0.2, 0) is 18.3 Å². The number of thiophene rings is 1. The zero-order valence-corrected chi connectivity index (χ0v) is 25.0. The fourth-order valence-electron chi connectivity index (χ4n) is 5.84. The largest absolute Gasteiger partial charge is 0.497 e. The lowest BCUT2D eigenvalue weighted by Crippen LogP contribution is -2.49. The number of methoxy groups -OCH3 is 1. The van der Waals surface area contributed by atoms with E-state index in [9.17, 15) is 4.79 Å². The van der Waals surface area contributed by atoms with Crippen LogP contribution in [0, 0.1) is 5.92 Å². The predicted molar refractivity (Wildman–Crippen MR) is 164 cm³/mol. The summed E-state index contributed by atoms with van der Waals surface area (Å²) in [5.74, 6) is 3.39. The van der Waals surface area contributed by atoms with E-state index in [4.69, 9.17) is 14.7 Å². The minimum Gasteiger partial charge on any atom is -0.497 e. The van der Waals surface area contributed by atoms with Crippen LogP contribution in [0.2, 0.25) is 0 Å². The van der Waals surface area contributed by atoms with Crippen LogP contribution >= 0.6 is 11.3 Å². The quantitative estimate of drug-likeness (QED) is 0.279. The van der Waals surface area contributed by atoms with Gasteiger partial charge in [0.25, 0.3) is 5.91 Å². The molecule has 1 aliphatic carbocycles. The van der Waals surface area contributed by atoms with Crippen molar-refractivity contribution < 1.29 is 9.53 Å². The van der Waals surface area contributed by atoms with Crippen molar-refractivity contribution in [3.8, 4) is 17.1 Å². The van der Waals surface area contributed by atoms with Crippen molar-refractivity contribution in [3.63, 3.8) is 0 Å². The molecule has 1 aliphatic heterocycles. The number of aromatic nitrogens is 2. The highest BCUT2D eigenvalue weighted by Crippen LogP contribution is 2.42. The van der Waals surface area contributed by atoms with Gasteiger partial charge in [0.15, 0.2) is 5.82 Å². The Balaban J connectivity index is 1.29. The molecular weight excluding hydrogens is 516 g/mol. The Hall–Kier alpha value is -3.45. The highest BCUT2D eigenvalue weighted by Gasteiger charge is 2.29. The summed E-state index contributed by atoms with van der Waals surface area (Å²) in [6, 6.07) is 16.1. The fraction of sp³-hybridized carbons (Fsp3) is 0.424. The molecule has 6 nitrogen and oxygen atoms in total. The number of benzene rings is 2. The Labute approximate surface area is 241 Å². The zero-order chi connectivity index (χ0) is 28.0. The van der Waals surface area contributed by atoms with Gasteiger partial charge in [0, 0.05) is 42.2 Å². The second-order valence-electron chi connectivity index (χ2n) is 12.2. The molecule has 0 spiro atoms. The smallest absolute Gasteiger partial charge is 0.253 e. The topological polar surface area (TPSA) is 58.6 Å². The second-order valence-corrected chi connectivity index (χ2v) is 13.3. The summed E-state index contributed by atoms with van der Waals surface area (Å²) in [5.41, 5.74) is 4.49. The maximum Gasteiger partial charge on any atom is 0.253 e. The zero-order valence-electron chi connectivity index (χ0n) is 24.2. The van der Waals surface area contributed by atoms with Gasteiger partial charge in [0.1, 0.15) is 16.4 Å². The molecule has 0 saturated carbocycles. The molecule has 0 N–H and O–H groups in total. The summed E-state index contributed by atoms with van der Waals surface area (Å²) in [5, 5.41) is 1.22. The van der Waals surface area contributed by atoms with Crippen molar-refractivity contribution in [3.05, 3.63) is 70.1 Å². The average Bonchev–Trinajstić information content (AvgIpc) is 3.33. The van der Waals surface area contributed by atoms with E-state index < -0.39 is 0 Å². The minimum absolute atomic E-state index is 0.0691. The van der Waals surface area contributed by atoms with Crippen LogP contribution in [0.5, 0.6) is 5.75 Å². The Morgan fingerprint density at radius 1 is 0.975 bits per heavy atom. The van der Waals surface area contributed by atoms with Crippen LogP contribution in [0.25, 0.3) is 21.6 Å². The molecule has 1 amide bonds. The summed E-state index contributed by atoms with van der Waals surface area (Å²) < 4.78 is 5.36. The predicted octanol–water partition coefficient (Wildman–Crippen LogP) is 6.75. The molecule has 4 aromatic rings. The number of nitrogens with zero attached hydrogens (tertiary/aromatic N) is 4. The van der Waals surface area contributed by atoms with Crippen LogP contribution in [-0.4, -0.2) is 54.1 Å². The number of amides is 1. The van der Waals surface area contributed by atoms with Gasteiger partial charge < -0.3 is 14.5 Å². The molecule has 1 unspecified atom stereocenters. The van der Waals surface area contributed by atoms with Gasteiger partial charge in [-0.1, -0.05) is 39.8 Å². The highest BCUT2D eigenvalue weighted by molar-refractivity contribution is 7.19. The van der Waals surface area contributed by atoms with E-state index in [0.29, 0.717) is 19.0 Å². The summed E-state index contributed by atoms with van der Waals surface area (Å²) in [7, 11) is 1.68. The number of fused-ring (bicyclic) bond motifs is 3. The molecule has 3 heterocycles. The first-order valence-electron chi connectivity index (χ1n) is 14.3. The van der Waals surface area contributed by atoms with Crippen molar-refractivity contribution in [2.24, 2.45) is 5.92 Å². The lowest BCUT2D eigenvalue weighted by atomic mass is 9.86. The van der Waals surface area contributed by atoms with E-state index >= 15 is 0 Å². The average molecular weight is 555 g/mol. The number of hydrogen-bond acceptors (Lipinski definition) is 6. The number of anilines is 1. The molecular formula is C33H38N4O2S. The van der Waals surface area contributed by atoms with Crippen LogP contribution in [0.3, 0.4) is 0 Å². The Morgan fingerprint density at radius 3 is 2.33 bits per heavy atom. The van der Waals surface area contributed by atoms with E-state index in [1.807, 2.05) is 52.6 Å². The van der Waals surface area contributed by atoms with Gasteiger partial charge in [-0.25, -0.2) is 9.97 Å². The molecule has 2 aromatic carbocycles. The van der Waals surface area contributed by atoms with Crippen molar-refractivity contribution in [2.75, 3.05) is 38.2 Å². The van der Waals surface area contributed by atoms with Crippen LogP contribution in [0.15, 0.2) is 48.5 Å². The molecule has 2 aliphatic rings. The third kappa shape index (κ3) is 5.07. The van der Waals surface area contributed by atoms with Gasteiger partial charge in [-0.15, -0.1) is 11.3 Å². The monoisotopic (exact) mass is 554 g/mol. The Bertz CT molecular complexity index is 1530. The molecule has 1 fully saturated rings.